The monoisotopic (exact) mass is 313 g/mol. The van der Waals surface area contributed by atoms with E-state index < -0.39 is 0 Å². The van der Waals surface area contributed by atoms with Gasteiger partial charge in [0, 0.05) is 19.0 Å². The lowest BCUT2D eigenvalue weighted by Crippen LogP contribution is -2.19. The summed E-state index contributed by atoms with van der Waals surface area (Å²) in [4.78, 5) is 0. The first-order valence-corrected chi connectivity index (χ1v) is 7.23. The number of hydrogen-bond donors (Lipinski definition) is 1. The molecule has 1 N–H and O–H groups in total. The molecule has 6 heteroatoms. The zero-order valence-corrected chi connectivity index (χ0v) is 11.6. The molecule has 3 rings (SSSR count). The predicted molar refractivity (Wildman–Crippen MR) is 70.0 cm³/mol. The molecule has 0 radical (unpaired) electrons. The summed E-state index contributed by atoms with van der Waals surface area (Å²) in [5.74, 6) is 0. The van der Waals surface area contributed by atoms with Crippen molar-refractivity contribution < 1.29 is 4.42 Å². The van der Waals surface area contributed by atoms with Crippen molar-refractivity contribution in [1.29, 1.82) is 0 Å². The summed E-state index contributed by atoms with van der Waals surface area (Å²) < 4.78 is 5.91. The van der Waals surface area contributed by atoms with Crippen LogP contribution in [-0.2, 0) is 6.42 Å². The molecule has 2 aromatic heterocycles. The lowest BCUT2D eigenvalue weighted by Gasteiger charge is -1.97. The molecule has 0 spiro atoms. The molecule has 0 aromatic carbocycles. The third-order valence-corrected chi connectivity index (χ3v) is 4.29. The Hall–Kier alpha value is -0.720. The lowest BCUT2D eigenvalue weighted by molar-refractivity contribution is 0.542. The summed E-state index contributed by atoms with van der Waals surface area (Å²) in [6, 6.07) is 2.65. The highest BCUT2D eigenvalue weighted by molar-refractivity contribution is 9.10. The van der Waals surface area contributed by atoms with E-state index in [0.717, 1.165) is 39.3 Å². The van der Waals surface area contributed by atoms with E-state index in [9.17, 15) is 0 Å². The highest BCUT2D eigenvalue weighted by atomic mass is 79.9. The normalized spacial score (nSPS) is 15.4. The Kier molecular flexibility index (Phi) is 3.26. The first-order valence-electron chi connectivity index (χ1n) is 5.62. The van der Waals surface area contributed by atoms with Crippen molar-refractivity contribution in [2.75, 3.05) is 6.54 Å². The summed E-state index contributed by atoms with van der Waals surface area (Å²) in [6.07, 6.45) is 5.24. The molecule has 0 saturated heterocycles. The maximum atomic E-state index is 5.19. The van der Waals surface area contributed by atoms with Crippen molar-refractivity contribution in [1.82, 2.24) is 15.5 Å². The largest absolute Gasteiger partial charge is 0.457 e. The molecule has 0 unspecified atom stereocenters. The highest BCUT2D eigenvalue weighted by Gasteiger charge is 2.20. The maximum Gasteiger partial charge on any atom is 0.179 e. The Morgan fingerprint density at radius 1 is 1.47 bits per heavy atom. The number of nitrogens with one attached hydrogen (secondary N) is 1. The molecule has 90 valence electrons. The van der Waals surface area contributed by atoms with E-state index in [1.165, 1.54) is 12.8 Å². The molecule has 1 aliphatic rings. The fourth-order valence-corrected chi connectivity index (χ4v) is 3.00. The van der Waals surface area contributed by atoms with Crippen LogP contribution in [0.25, 0.3) is 10.6 Å². The Balaban J connectivity index is 1.63. The van der Waals surface area contributed by atoms with Gasteiger partial charge in [-0.2, -0.15) is 0 Å². The Morgan fingerprint density at radius 3 is 3.06 bits per heavy atom. The molecule has 1 fully saturated rings. The molecule has 17 heavy (non-hydrogen) atoms. The number of halogens is 1. The first-order chi connectivity index (χ1) is 8.33. The number of rotatable bonds is 5. The first kappa shape index (κ1) is 11.4. The second-order valence-electron chi connectivity index (χ2n) is 4.09. The van der Waals surface area contributed by atoms with Crippen LogP contribution in [0, 0.1) is 0 Å². The number of aromatic nitrogens is 2. The number of furan rings is 1. The van der Waals surface area contributed by atoms with Gasteiger partial charge >= 0.3 is 0 Å². The van der Waals surface area contributed by atoms with Gasteiger partial charge < -0.3 is 9.73 Å². The summed E-state index contributed by atoms with van der Waals surface area (Å²) in [5, 5.41) is 13.8. The van der Waals surface area contributed by atoms with E-state index in [2.05, 4.69) is 31.4 Å². The Bertz CT molecular complexity index is 506. The fraction of sp³-hybridized carbons (Fsp3) is 0.455. The molecular formula is C11H12BrN3OS. The van der Waals surface area contributed by atoms with E-state index in [0.29, 0.717) is 0 Å². The van der Waals surface area contributed by atoms with Crippen LogP contribution in [0.4, 0.5) is 0 Å². The third kappa shape index (κ3) is 2.75. The van der Waals surface area contributed by atoms with E-state index in [-0.39, 0.29) is 0 Å². The minimum Gasteiger partial charge on any atom is -0.457 e. The summed E-state index contributed by atoms with van der Waals surface area (Å²) in [7, 11) is 0. The second kappa shape index (κ2) is 4.88. The van der Waals surface area contributed by atoms with Gasteiger partial charge in [-0.05, 0) is 34.8 Å². The topological polar surface area (TPSA) is 51.0 Å². The van der Waals surface area contributed by atoms with E-state index >= 15 is 0 Å². The zero-order chi connectivity index (χ0) is 11.7. The summed E-state index contributed by atoms with van der Waals surface area (Å²) in [5.41, 5.74) is 0.976. The van der Waals surface area contributed by atoms with Gasteiger partial charge in [-0.3, -0.25) is 0 Å². The number of nitrogens with zero attached hydrogens (tertiary/aromatic N) is 2. The third-order valence-electron chi connectivity index (χ3n) is 2.66. The molecule has 2 heterocycles. The second-order valence-corrected chi connectivity index (χ2v) is 5.87. The van der Waals surface area contributed by atoms with E-state index in [1.54, 1.807) is 17.6 Å². The van der Waals surface area contributed by atoms with Crippen LogP contribution in [-0.4, -0.2) is 22.8 Å². The molecule has 0 atom stereocenters. The Morgan fingerprint density at radius 2 is 2.35 bits per heavy atom. The molecule has 0 aliphatic heterocycles. The van der Waals surface area contributed by atoms with Crippen molar-refractivity contribution in [2.24, 2.45) is 0 Å². The van der Waals surface area contributed by atoms with Crippen LogP contribution >= 0.6 is 27.3 Å². The van der Waals surface area contributed by atoms with Crippen LogP contribution in [0.15, 0.2) is 21.4 Å². The standard InChI is InChI=1S/C11H12BrN3OS/c12-10-8(4-6-16-10)11-15-14-9(17-11)3-5-13-7-1-2-7/h4,6-7,13H,1-3,5H2. The summed E-state index contributed by atoms with van der Waals surface area (Å²) in [6.45, 7) is 0.992. The summed E-state index contributed by atoms with van der Waals surface area (Å²) >= 11 is 4.98. The number of hydrogen-bond acceptors (Lipinski definition) is 5. The van der Waals surface area contributed by atoms with Gasteiger partial charge in [0.15, 0.2) is 9.68 Å². The van der Waals surface area contributed by atoms with Crippen molar-refractivity contribution in [3.8, 4) is 10.6 Å². The molecule has 2 aromatic rings. The van der Waals surface area contributed by atoms with Gasteiger partial charge in [0.2, 0.25) is 0 Å². The van der Waals surface area contributed by atoms with Crippen molar-refractivity contribution in [3.05, 3.63) is 22.0 Å². The molecule has 0 amide bonds. The highest BCUT2D eigenvalue weighted by Crippen LogP contribution is 2.31. The van der Waals surface area contributed by atoms with Crippen molar-refractivity contribution in [3.63, 3.8) is 0 Å². The molecule has 0 bridgehead atoms. The molecule has 1 saturated carbocycles. The minimum atomic E-state index is 0.719. The molecule has 4 nitrogen and oxygen atoms in total. The fourth-order valence-electron chi connectivity index (χ4n) is 1.58. The van der Waals surface area contributed by atoms with Gasteiger partial charge in [-0.1, -0.05) is 11.3 Å². The van der Waals surface area contributed by atoms with Crippen LogP contribution in [0.1, 0.15) is 17.8 Å². The minimum absolute atomic E-state index is 0.719. The van der Waals surface area contributed by atoms with Crippen LogP contribution in [0.3, 0.4) is 0 Å². The van der Waals surface area contributed by atoms with Crippen LogP contribution < -0.4 is 5.32 Å². The lowest BCUT2D eigenvalue weighted by atomic mass is 10.4. The van der Waals surface area contributed by atoms with Gasteiger partial charge in [0.25, 0.3) is 0 Å². The van der Waals surface area contributed by atoms with Crippen molar-refractivity contribution in [2.45, 2.75) is 25.3 Å². The quantitative estimate of drug-likeness (QED) is 0.922. The van der Waals surface area contributed by atoms with E-state index in [1.807, 2.05) is 6.07 Å². The smallest absolute Gasteiger partial charge is 0.179 e. The predicted octanol–water partition coefficient (Wildman–Crippen LogP) is 2.86. The molecule has 1 aliphatic carbocycles. The molecular weight excluding hydrogens is 302 g/mol. The van der Waals surface area contributed by atoms with Crippen LogP contribution in [0.5, 0.6) is 0 Å². The Labute approximate surface area is 112 Å². The van der Waals surface area contributed by atoms with Crippen molar-refractivity contribution >= 4 is 27.3 Å². The van der Waals surface area contributed by atoms with Crippen LogP contribution in [0.2, 0.25) is 0 Å². The zero-order valence-electron chi connectivity index (χ0n) is 9.15. The average molecular weight is 314 g/mol. The van der Waals surface area contributed by atoms with Gasteiger partial charge in [-0.25, -0.2) is 0 Å². The van der Waals surface area contributed by atoms with Gasteiger partial charge in [0.1, 0.15) is 5.01 Å². The average Bonchev–Trinajstić information content (AvgIpc) is 2.85. The SMILES string of the molecule is Brc1occc1-c1nnc(CCNC2CC2)s1. The van der Waals surface area contributed by atoms with Gasteiger partial charge in [-0.15, -0.1) is 10.2 Å². The van der Waals surface area contributed by atoms with E-state index in [4.69, 9.17) is 4.42 Å². The maximum absolute atomic E-state index is 5.19. The van der Waals surface area contributed by atoms with Gasteiger partial charge in [0.05, 0.1) is 11.8 Å².